The minimum atomic E-state index is -0.936. The van der Waals surface area contributed by atoms with Gasteiger partial charge in [0.2, 0.25) is 0 Å². The summed E-state index contributed by atoms with van der Waals surface area (Å²) in [5, 5.41) is 11.5. The van der Waals surface area contributed by atoms with E-state index in [1.165, 1.54) is 43.9 Å². The highest BCUT2D eigenvalue weighted by Crippen LogP contribution is 2.42. The third-order valence-electron chi connectivity index (χ3n) is 5.80. The average molecular weight is 427 g/mol. The lowest BCUT2D eigenvalue weighted by atomic mass is 9.89. The number of fused-ring (bicyclic) bond motifs is 2. The minimum Gasteiger partial charge on any atom is -0.478 e. The summed E-state index contributed by atoms with van der Waals surface area (Å²) in [5.74, 6) is -0.885. The number of rotatable bonds is 5. The van der Waals surface area contributed by atoms with Gasteiger partial charge in [-0.25, -0.2) is 4.79 Å². The first-order valence-electron chi connectivity index (χ1n) is 10.1. The van der Waals surface area contributed by atoms with Crippen molar-refractivity contribution >= 4 is 45.2 Å². The summed E-state index contributed by atoms with van der Waals surface area (Å²) in [6, 6.07) is 21.1. The zero-order valence-electron chi connectivity index (χ0n) is 17.3. The number of para-hydroxylation sites is 2. The number of carboxylic acids is 1. The summed E-state index contributed by atoms with van der Waals surface area (Å²) in [6.07, 6.45) is 7.31. The van der Waals surface area contributed by atoms with Crippen LogP contribution in [0.5, 0.6) is 0 Å². The van der Waals surface area contributed by atoms with Crippen LogP contribution in [0.2, 0.25) is 0 Å². The first-order chi connectivity index (χ1) is 15.0. The monoisotopic (exact) mass is 426 g/mol. The van der Waals surface area contributed by atoms with Crippen LogP contribution >= 0.6 is 11.3 Å². The zero-order valence-corrected chi connectivity index (χ0v) is 18.1. The average Bonchev–Trinajstić information content (AvgIpc) is 3.46. The van der Waals surface area contributed by atoms with Crippen molar-refractivity contribution in [3.63, 3.8) is 0 Å². The third kappa shape index (κ3) is 3.37. The number of aromatic nitrogens is 2. The van der Waals surface area contributed by atoms with E-state index in [9.17, 15) is 4.79 Å². The first kappa shape index (κ1) is 19.4. The fraction of sp³-hybridized carbons (Fsp3) is 0.115. The van der Waals surface area contributed by atoms with Gasteiger partial charge in [0.25, 0.3) is 0 Å². The fourth-order valence-electron chi connectivity index (χ4n) is 4.45. The first-order valence-corrected chi connectivity index (χ1v) is 10.9. The van der Waals surface area contributed by atoms with Gasteiger partial charge in [-0.2, -0.15) is 0 Å². The highest BCUT2D eigenvalue weighted by Gasteiger charge is 2.25. The molecular weight excluding hydrogens is 404 g/mol. The van der Waals surface area contributed by atoms with Gasteiger partial charge in [0.05, 0.1) is 0 Å². The summed E-state index contributed by atoms with van der Waals surface area (Å²) in [6.45, 7) is 0. The molecule has 154 valence electrons. The van der Waals surface area contributed by atoms with Gasteiger partial charge in [0, 0.05) is 70.0 Å². The normalized spacial score (nSPS) is 12.0. The van der Waals surface area contributed by atoms with Crippen LogP contribution in [0.3, 0.4) is 0 Å². The van der Waals surface area contributed by atoms with E-state index < -0.39 is 5.97 Å². The highest BCUT2D eigenvalue weighted by atomic mass is 32.1. The second kappa shape index (κ2) is 7.60. The van der Waals surface area contributed by atoms with Gasteiger partial charge in [0.15, 0.2) is 0 Å². The molecule has 0 spiro atoms. The largest absolute Gasteiger partial charge is 0.478 e. The number of aryl methyl sites for hydroxylation is 2. The molecule has 2 aromatic carbocycles. The number of hydrogen-bond acceptors (Lipinski definition) is 2. The molecule has 0 atom stereocenters. The van der Waals surface area contributed by atoms with Crippen molar-refractivity contribution in [3.8, 4) is 0 Å². The van der Waals surface area contributed by atoms with Gasteiger partial charge >= 0.3 is 5.97 Å². The van der Waals surface area contributed by atoms with Crippen molar-refractivity contribution in [2.45, 2.75) is 5.92 Å². The molecule has 0 unspecified atom stereocenters. The maximum absolute atomic E-state index is 11.0. The third-order valence-corrected chi connectivity index (χ3v) is 6.92. The molecule has 1 N–H and O–H groups in total. The molecule has 0 radical (unpaired) electrons. The predicted molar refractivity (Wildman–Crippen MR) is 128 cm³/mol. The second-order valence-electron chi connectivity index (χ2n) is 7.77. The van der Waals surface area contributed by atoms with E-state index in [4.69, 9.17) is 5.11 Å². The molecule has 0 saturated carbocycles. The van der Waals surface area contributed by atoms with E-state index >= 15 is 0 Å². The molecule has 3 aromatic heterocycles. The molecule has 0 aliphatic heterocycles. The Bertz CT molecular complexity index is 1370. The molecule has 0 saturated heterocycles. The van der Waals surface area contributed by atoms with Crippen LogP contribution in [-0.4, -0.2) is 20.2 Å². The lowest BCUT2D eigenvalue weighted by Gasteiger charge is -2.15. The van der Waals surface area contributed by atoms with E-state index in [2.05, 4.69) is 90.2 Å². The molecule has 3 heterocycles. The Morgan fingerprint density at radius 2 is 1.42 bits per heavy atom. The zero-order chi connectivity index (χ0) is 21.5. The number of aliphatic carboxylic acids is 1. The lowest BCUT2D eigenvalue weighted by Crippen LogP contribution is -2.00. The van der Waals surface area contributed by atoms with Crippen LogP contribution in [0.15, 0.2) is 79.1 Å². The van der Waals surface area contributed by atoms with E-state index in [1.54, 1.807) is 17.4 Å². The van der Waals surface area contributed by atoms with Crippen LogP contribution < -0.4 is 0 Å². The van der Waals surface area contributed by atoms with Crippen LogP contribution in [0, 0.1) is 0 Å². The molecule has 0 fully saturated rings. The molecular formula is C26H22N2O2S. The van der Waals surface area contributed by atoms with Crippen LogP contribution in [0.25, 0.3) is 27.9 Å². The van der Waals surface area contributed by atoms with Gasteiger partial charge in [-0.1, -0.05) is 36.4 Å². The molecule has 0 aliphatic rings. The van der Waals surface area contributed by atoms with E-state index in [1.807, 2.05) is 6.07 Å². The topological polar surface area (TPSA) is 47.2 Å². The number of carbonyl (C=O) groups is 1. The fourth-order valence-corrected chi connectivity index (χ4v) is 5.50. The molecule has 4 nitrogen and oxygen atoms in total. The maximum atomic E-state index is 11.0. The quantitative estimate of drug-likeness (QED) is 0.350. The molecule has 31 heavy (non-hydrogen) atoms. The number of thiophene rings is 1. The number of hydrogen-bond donors (Lipinski definition) is 1. The minimum absolute atomic E-state index is 0.0502. The van der Waals surface area contributed by atoms with Crippen molar-refractivity contribution in [1.82, 2.24) is 9.13 Å². The van der Waals surface area contributed by atoms with Gasteiger partial charge < -0.3 is 14.2 Å². The van der Waals surface area contributed by atoms with Crippen molar-refractivity contribution in [2.24, 2.45) is 14.1 Å². The molecule has 5 heteroatoms. The van der Waals surface area contributed by atoms with Gasteiger partial charge in [0.1, 0.15) is 0 Å². The van der Waals surface area contributed by atoms with Crippen LogP contribution in [-0.2, 0) is 18.9 Å². The van der Waals surface area contributed by atoms with Gasteiger partial charge in [-0.15, -0.1) is 11.3 Å². The van der Waals surface area contributed by atoms with Crippen LogP contribution in [0.4, 0.5) is 0 Å². The van der Waals surface area contributed by atoms with Crippen molar-refractivity contribution in [2.75, 3.05) is 0 Å². The van der Waals surface area contributed by atoms with Crippen molar-refractivity contribution in [3.05, 3.63) is 100 Å². The summed E-state index contributed by atoms with van der Waals surface area (Å²) < 4.78 is 4.36. The molecule has 0 amide bonds. The Kier molecular flexibility index (Phi) is 4.75. The van der Waals surface area contributed by atoms with E-state index in [0.717, 1.165) is 4.88 Å². The standard InChI is InChI=1S/C26H22N2O2S/c1-27-15-20(18-7-3-5-9-22(18)27)26(24-13-11-17(31-24)12-14-25(29)30)21-16-28(2)23-10-6-4-8-19(21)23/h3-16,26H,1-2H3,(H,29,30)/b14-12+. The molecule has 5 rings (SSSR count). The Morgan fingerprint density at radius 3 is 1.97 bits per heavy atom. The number of benzene rings is 2. The Hall–Kier alpha value is -3.57. The lowest BCUT2D eigenvalue weighted by molar-refractivity contribution is -0.131. The SMILES string of the molecule is Cn1cc(C(c2ccc(/C=C/C(=O)O)s2)c2cn(C)c3ccccc23)c2ccccc21. The number of nitrogens with zero attached hydrogens (tertiary/aromatic N) is 2. The Balaban J connectivity index is 1.76. The summed E-state index contributed by atoms with van der Waals surface area (Å²) in [7, 11) is 4.17. The maximum Gasteiger partial charge on any atom is 0.328 e. The molecule has 0 bridgehead atoms. The predicted octanol–water partition coefficient (Wildman–Crippen LogP) is 6.01. The summed E-state index contributed by atoms with van der Waals surface area (Å²) in [4.78, 5) is 13.1. The van der Waals surface area contributed by atoms with Crippen LogP contribution in [0.1, 0.15) is 26.8 Å². The van der Waals surface area contributed by atoms with Gasteiger partial charge in [-0.3, -0.25) is 0 Å². The smallest absolute Gasteiger partial charge is 0.328 e. The van der Waals surface area contributed by atoms with E-state index in [-0.39, 0.29) is 5.92 Å². The Morgan fingerprint density at radius 1 is 0.871 bits per heavy atom. The second-order valence-corrected chi connectivity index (χ2v) is 8.92. The van der Waals surface area contributed by atoms with Crippen molar-refractivity contribution in [1.29, 1.82) is 0 Å². The molecule has 5 aromatic rings. The van der Waals surface area contributed by atoms with Crippen molar-refractivity contribution < 1.29 is 9.90 Å². The number of carboxylic acid groups (broad SMARTS) is 1. The summed E-state index contributed by atoms with van der Waals surface area (Å²) >= 11 is 1.64. The Labute approximate surface area is 184 Å². The van der Waals surface area contributed by atoms with E-state index in [0.29, 0.717) is 0 Å². The van der Waals surface area contributed by atoms with Gasteiger partial charge in [-0.05, 0) is 41.5 Å². The summed E-state index contributed by atoms with van der Waals surface area (Å²) in [5.41, 5.74) is 4.91. The molecule has 0 aliphatic carbocycles. The highest BCUT2D eigenvalue weighted by molar-refractivity contribution is 7.13.